The number of para-hydroxylation sites is 1. The zero-order valence-corrected chi connectivity index (χ0v) is 9.15. The summed E-state index contributed by atoms with van der Waals surface area (Å²) in [6.45, 7) is 3.45. The van der Waals surface area contributed by atoms with E-state index < -0.39 is 0 Å². The van der Waals surface area contributed by atoms with Crippen LogP contribution in [0.3, 0.4) is 0 Å². The summed E-state index contributed by atoms with van der Waals surface area (Å²) < 4.78 is 15.3. The molecule has 1 heterocycles. The number of halogens is 1. The fraction of sp³-hybridized carbons (Fsp3) is 0.250. The van der Waals surface area contributed by atoms with Gasteiger partial charge in [0.15, 0.2) is 0 Å². The van der Waals surface area contributed by atoms with E-state index in [-0.39, 0.29) is 5.82 Å². The van der Waals surface area contributed by atoms with Crippen LogP contribution >= 0.6 is 0 Å². The summed E-state index contributed by atoms with van der Waals surface area (Å²) in [6, 6.07) is 6.63. The fourth-order valence-corrected chi connectivity index (χ4v) is 1.57. The number of rotatable bonds is 4. The Labute approximate surface area is 93.9 Å². The molecular weight excluding hydrogens is 205 g/mol. The standard InChI is InChI=1S/C12H14FN3/c1-2-16-8-7-14-12(16)9-15-11-6-4-3-5-10(11)13/h3-8,15H,2,9H2,1H3. The van der Waals surface area contributed by atoms with Crippen molar-refractivity contribution in [3.63, 3.8) is 0 Å². The van der Waals surface area contributed by atoms with Gasteiger partial charge in [-0.3, -0.25) is 0 Å². The van der Waals surface area contributed by atoms with Gasteiger partial charge in [-0.25, -0.2) is 9.37 Å². The summed E-state index contributed by atoms with van der Waals surface area (Å²) in [4.78, 5) is 4.21. The first kappa shape index (κ1) is 10.7. The van der Waals surface area contributed by atoms with E-state index in [4.69, 9.17) is 0 Å². The molecule has 0 atom stereocenters. The number of benzene rings is 1. The molecule has 0 aliphatic rings. The second-order valence-corrected chi connectivity index (χ2v) is 3.46. The van der Waals surface area contributed by atoms with Gasteiger partial charge in [0, 0.05) is 18.9 Å². The highest BCUT2D eigenvalue weighted by Gasteiger charge is 2.03. The van der Waals surface area contributed by atoms with Crippen molar-refractivity contribution < 1.29 is 4.39 Å². The zero-order valence-electron chi connectivity index (χ0n) is 9.15. The highest BCUT2D eigenvalue weighted by atomic mass is 19.1. The van der Waals surface area contributed by atoms with E-state index in [9.17, 15) is 4.39 Å². The SMILES string of the molecule is CCn1ccnc1CNc1ccccc1F. The van der Waals surface area contributed by atoms with Crippen LogP contribution in [-0.4, -0.2) is 9.55 Å². The highest BCUT2D eigenvalue weighted by molar-refractivity contribution is 5.44. The van der Waals surface area contributed by atoms with Crippen molar-refractivity contribution in [1.82, 2.24) is 9.55 Å². The first-order valence-electron chi connectivity index (χ1n) is 5.29. The first-order valence-corrected chi connectivity index (χ1v) is 5.29. The van der Waals surface area contributed by atoms with E-state index in [2.05, 4.69) is 10.3 Å². The smallest absolute Gasteiger partial charge is 0.146 e. The van der Waals surface area contributed by atoms with Crippen molar-refractivity contribution in [1.29, 1.82) is 0 Å². The van der Waals surface area contributed by atoms with E-state index in [1.54, 1.807) is 24.4 Å². The molecule has 1 aromatic carbocycles. The average molecular weight is 219 g/mol. The third-order valence-corrected chi connectivity index (χ3v) is 2.45. The summed E-state index contributed by atoms with van der Waals surface area (Å²) in [7, 11) is 0. The summed E-state index contributed by atoms with van der Waals surface area (Å²) >= 11 is 0. The van der Waals surface area contributed by atoms with Crippen LogP contribution in [0.25, 0.3) is 0 Å². The number of hydrogen-bond donors (Lipinski definition) is 1. The normalized spacial score (nSPS) is 10.4. The second kappa shape index (κ2) is 4.79. The topological polar surface area (TPSA) is 29.9 Å². The van der Waals surface area contributed by atoms with Crippen LogP contribution < -0.4 is 5.32 Å². The van der Waals surface area contributed by atoms with Gasteiger partial charge >= 0.3 is 0 Å². The Kier molecular flexibility index (Phi) is 3.19. The van der Waals surface area contributed by atoms with Crippen LogP contribution in [0, 0.1) is 5.82 Å². The largest absolute Gasteiger partial charge is 0.375 e. The van der Waals surface area contributed by atoms with Crippen LogP contribution in [0.4, 0.5) is 10.1 Å². The van der Waals surface area contributed by atoms with Crippen molar-refractivity contribution in [2.24, 2.45) is 0 Å². The van der Waals surface area contributed by atoms with Gasteiger partial charge in [0.25, 0.3) is 0 Å². The van der Waals surface area contributed by atoms with Gasteiger partial charge in [-0.2, -0.15) is 0 Å². The Morgan fingerprint density at radius 1 is 1.38 bits per heavy atom. The summed E-state index contributed by atoms with van der Waals surface area (Å²) in [5.41, 5.74) is 0.508. The maximum absolute atomic E-state index is 13.3. The number of nitrogens with zero attached hydrogens (tertiary/aromatic N) is 2. The van der Waals surface area contributed by atoms with Gasteiger partial charge in [0.2, 0.25) is 0 Å². The molecule has 0 radical (unpaired) electrons. The molecule has 84 valence electrons. The number of nitrogens with one attached hydrogen (secondary N) is 1. The minimum absolute atomic E-state index is 0.239. The molecule has 0 saturated carbocycles. The summed E-state index contributed by atoms with van der Waals surface area (Å²) in [5.74, 6) is 0.669. The third-order valence-electron chi connectivity index (χ3n) is 2.45. The molecule has 16 heavy (non-hydrogen) atoms. The Hall–Kier alpha value is -1.84. The van der Waals surface area contributed by atoms with Gasteiger partial charge in [-0.1, -0.05) is 12.1 Å². The fourth-order valence-electron chi connectivity index (χ4n) is 1.57. The first-order chi connectivity index (χ1) is 7.81. The molecular formula is C12H14FN3. The van der Waals surface area contributed by atoms with Crippen LogP contribution in [0.5, 0.6) is 0 Å². The second-order valence-electron chi connectivity index (χ2n) is 3.46. The highest BCUT2D eigenvalue weighted by Crippen LogP contribution is 2.13. The molecule has 2 aromatic rings. The minimum Gasteiger partial charge on any atom is -0.375 e. The maximum Gasteiger partial charge on any atom is 0.146 e. The minimum atomic E-state index is -0.239. The Morgan fingerprint density at radius 3 is 2.94 bits per heavy atom. The quantitative estimate of drug-likeness (QED) is 0.856. The average Bonchev–Trinajstić information content (AvgIpc) is 2.75. The van der Waals surface area contributed by atoms with E-state index in [1.165, 1.54) is 6.07 Å². The molecule has 1 aromatic heterocycles. The molecule has 2 rings (SSSR count). The lowest BCUT2D eigenvalue weighted by Gasteiger charge is -2.08. The number of imidazole rings is 1. The molecule has 0 bridgehead atoms. The monoisotopic (exact) mass is 219 g/mol. The predicted molar refractivity (Wildman–Crippen MR) is 61.6 cm³/mol. The van der Waals surface area contributed by atoms with Gasteiger partial charge < -0.3 is 9.88 Å². The molecule has 0 aliphatic heterocycles. The van der Waals surface area contributed by atoms with Crippen molar-refractivity contribution >= 4 is 5.69 Å². The Bertz CT molecular complexity index is 465. The predicted octanol–water partition coefficient (Wildman–Crippen LogP) is 2.65. The van der Waals surface area contributed by atoms with E-state index >= 15 is 0 Å². The lowest BCUT2D eigenvalue weighted by molar-refractivity contribution is 0.628. The Balaban J connectivity index is 2.05. The van der Waals surface area contributed by atoms with Crippen molar-refractivity contribution in [2.45, 2.75) is 20.0 Å². The molecule has 0 amide bonds. The molecule has 0 saturated heterocycles. The molecule has 3 nitrogen and oxygen atoms in total. The van der Waals surface area contributed by atoms with Crippen LogP contribution in [-0.2, 0) is 13.1 Å². The van der Waals surface area contributed by atoms with Gasteiger partial charge in [0.05, 0.1) is 12.2 Å². The summed E-state index contributed by atoms with van der Waals surface area (Å²) in [5, 5.41) is 3.03. The van der Waals surface area contributed by atoms with E-state index in [0.29, 0.717) is 12.2 Å². The van der Waals surface area contributed by atoms with Crippen LogP contribution in [0.2, 0.25) is 0 Å². The molecule has 0 spiro atoms. The molecule has 0 unspecified atom stereocenters. The number of anilines is 1. The molecule has 4 heteroatoms. The molecule has 0 aliphatic carbocycles. The Morgan fingerprint density at radius 2 is 2.19 bits per heavy atom. The van der Waals surface area contributed by atoms with Crippen molar-refractivity contribution in [3.05, 3.63) is 48.3 Å². The number of aromatic nitrogens is 2. The van der Waals surface area contributed by atoms with Gasteiger partial charge in [-0.05, 0) is 19.1 Å². The number of aryl methyl sites for hydroxylation is 1. The van der Waals surface area contributed by atoms with E-state index in [1.807, 2.05) is 17.7 Å². The van der Waals surface area contributed by atoms with Crippen molar-refractivity contribution in [2.75, 3.05) is 5.32 Å². The van der Waals surface area contributed by atoms with Crippen LogP contribution in [0.15, 0.2) is 36.7 Å². The lowest BCUT2D eigenvalue weighted by Crippen LogP contribution is -2.08. The molecule has 1 N–H and O–H groups in total. The molecule has 0 fully saturated rings. The van der Waals surface area contributed by atoms with Gasteiger partial charge in [0.1, 0.15) is 11.6 Å². The van der Waals surface area contributed by atoms with Crippen LogP contribution in [0.1, 0.15) is 12.7 Å². The zero-order chi connectivity index (χ0) is 11.4. The van der Waals surface area contributed by atoms with Crippen molar-refractivity contribution in [3.8, 4) is 0 Å². The third kappa shape index (κ3) is 2.21. The number of hydrogen-bond acceptors (Lipinski definition) is 2. The van der Waals surface area contributed by atoms with E-state index in [0.717, 1.165) is 12.4 Å². The maximum atomic E-state index is 13.3. The lowest BCUT2D eigenvalue weighted by atomic mass is 10.3. The van der Waals surface area contributed by atoms with Gasteiger partial charge in [-0.15, -0.1) is 0 Å². The summed E-state index contributed by atoms with van der Waals surface area (Å²) in [6.07, 6.45) is 3.67.